The molecule has 0 aromatic carbocycles. The summed E-state index contributed by atoms with van der Waals surface area (Å²) in [4.78, 5) is 180. The Labute approximate surface area is 553 Å². The number of nitrogens with two attached hydrogens (primary N) is 9. The summed E-state index contributed by atoms with van der Waals surface area (Å²) in [7, 11) is 0. The first-order chi connectivity index (χ1) is 44.1. The topological polar surface area (TPSA) is 569 Å². The van der Waals surface area contributed by atoms with Gasteiger partial charge < -0.3 is 88.1 Å². The molecule has 31 heteroatoms. The Morgan fingerprint density at radius 2 is 0.713 bits per heavy atom. The molecule has 0 saturated heterocycles. The van der Waals surface area contributed by atoms with Crippen LogP contribution in [0.2, 0.25) is 0 Å². The number of carboxylic acid groups (broad SMARTS) is 1. The van der Waals surface area contributed by atoms with E-state index in [1.165, 1.54) is 13.8 Å². The second-order valence-corrected chi connectivity index (χ2v) is 25.6. The van der Waals surface area contributed by atoms with Gasteiger partial charge in [-0.15, -0.1) is 0 Å². The number of unbranched alkanes of at least 4 members (excludes halogenated alkanes) is 1. The summed E-state index contributed by atoms with van der Waals surface area (Å²) < 4.78 is 0. The molecular weight excluding hydrogens is 1220 g/mol. The van der Waals surface area contributed by atoms with Crippen LogP contribution < -0.4 is 78.2 Å². The first kappa shape index (κ1) is 85.9. The maximum atomic E-state index is 14.9. The lowest BCUT2D eigenvalue weighted by Crippen LogP contribution is -2.49. The summed E-state index contributed by atoms with van der Waals surface area (Å²) in [5, 5.41) is 23.0. The molecule has 0 unspecified atom stereocenters. The summed E-state index contributed by atoms with van der Waals surface area (Å²) in [6.45, 7) is 13.8. The van der Waals surface area contributed by atoms with Crippen molar-refractivity contribution in [1.29, 1.82) is 0 Å². The molecule has 0 fully saturated rings. The molecule has 0 bridgehead atoms. The molecule has 0 aromatic heterocycles. The van der Waals surface area contributed by atoms with Crippen LogP contribution in [0.15, 0.2) is 20.0 Å². The lowest BCUT2D eigenvalue weighted by Gasteiger charge is -2.27. The average molecular weight is 1330 g/mol. The Kier molecular flexibility index (Phi) is 43.6. The molecule has 0 radical (unpaired) electrons. The summed E-state index contributed by atoms with van der Waals surface area (Å²) in [5.41, 5.74) is 50.7. The number of amides is 5. The number of hydrogen-bond donors (Lipinski definition) is 15. The molecule has 24 N–H and O–H groups in total. The van der Waals surface area contributed by atoms with Gasteiger partial charge in [0, 0.05) is 94.3 Å². The number of ketones is 6. The number of aliphatic carboxylic acids is 1. The fraction of sp³-hybridized carbons (Fsp3) is 0.746. The molecule has 0 rings (SSSR count). The molecular formula is C63H114N18O13. The Hall–Kier alpha value is -8.12. The highest BCUT2D eigenvalue weighted by Gasteiger charge is 2.36. The molecule has 534 valence electrons. The highest BCUT2D eigenvalue weighted by atomic mass is 16.4. The third kappa shape index (κ3) is 40.8. The van der Waals surface area contributed by atoms with Gasteiger partial charge in [0.25, 0.3) is 0 Å². The molecule has 0 aliphatic rings. The Bertz CT molecular complexity index is 2580. The SMILES string of the molecule is CC(=O)C[C@@H](CCC(=O)O)C(=O)NCC(=O)C[C@@H](CC(C)C)C(=O)N[C@@H](CCCN=C(N)N)C(=O)C[C@@H](CCCCN)C(=O)N[C@@H](CCCN=C(N)N)C(=O)C[C@@H](CCCN=C(N)N)C(=O)N[C@@H](CCCN=C(N)N)C(=O)C[C@@H](CC(C)C)C(=O)N[C@@H](CC(C)C)C(C)=O. The van der Waals surface area contributed by atoms with Crippen LogP contribution in [-0.2, 0) is 57.5 Å². The Morgan fingerprint density at radius 1 is 0.383 bits per heavy atom. The van der Waals surface area contributed by atoms with Gasteiger partial charge in [-0.05, 0) is 128 Å². The van der Waals surface area contributed by atoms with Crippen LogP contribution in [0, 0.1) is 47.3 Å². The van der Waals surface area contributed by atoms with Crippen molar-refractivity contribution in [1.82, 2.24) is 26.6 Å². The minimum absolute atomic E-state index is 0.00662. The third-order valence-electron chi connectivity index (χ3n) is 15.4. The van der Waals surface area contributed by atoms with E-state index in [-0.39, 0.29) is 189 Å². The molecule has 94 heavy (non-hydrogen) atoms. The van der Waals surface area contributed by atoms with Crippen molar-refractivity contribution >= 4 is 94.0 Å². The quantitative estimate of drug-likeness (QED) is 0.0214. The molecule has 9 atom stereocenters. The van der Waals surface area contributed by atoms with E-state index in [0.29, 0.717) is 19.3 Å². The number of nitrogens with zero attached hydrogens (tertiary/aromatic N) is 4. The summed E-state index contributed by atoms with van der Waals surface area (Å²) in [6.07, 6.45) is 0.0476. The Balaban J connectivity index is 7.43. The van der Waals surface area contributed by atoms with E-state index in [2.05, 4.69) is 46.6 Å². The smallest absolute Gasteiger partial charge is 0.303 e. The molecule has 0 saturated carbocycles. The highest BCUT2D eigenvalue weighted by Crippen LogP contribution is 2.24. The second kappa shape index (κ2) is 47.7. The number of carboxylic acids is 1. The van der Waals surface area contributed by atoms with Gasteiger partial charge in [0.1, 0.15) is 5.78 Å². The van der Waals surface area contributed by atoms with Gasteiger partial charge >= 0.3 is 5.97 Å². The zero-order chi connectivity index (χ0) is 71.6. The predicted molar refractivity (Wildman–Crippen MR) is 360 cm³/mol. The normalized spacial score (nSPS) is 14.0. The van der Waals surface area contributed by atoms with E-state index in [9.17, 15) is 62.6 Å². The third-order valence-corrected chi connectivity index (χ3v) is 15.4. The molecule has 5 amide bonds. The first-order valence-electron chi connectivity index (χ1n) is 32.8. The van der Waals surface area contributed by atoms with Gasteiger partial charge in [-0.1, -0.05) is 48.0 Å². The number of guanidine groups is 4. The minimum Gasteiger partial charge on any atom is -0.481 e. The van der Waals surface area contributed by atoms with Gasteiger partial charge in [0.05, 0.1) is 30.7 Å². The molecule has 0 heterocycles. The van der Waals surface area contributed by atoms with E-state index >= 15 is 0 Å². The lowest BCUT2D eigenvalue weighted by molar-refractivity contribution is -0.138. The summed E-state index contributed by atoms with van der Waals surface area (Å²) in [6, 6.07) is -4.54. The van der Waals surface area contributed by atoms with Crippen molar-refractivity contribution in [3.8, 4) is 0 Å². The van der Waals surface area contributed by atoms with E-state index < -0.39 is 132 Å². The average Bonchev–Trinajstić information content (AvgIpc) is 2.32. The molecule has 0 aliphatic heterocycles. The summed E-state index contributed by atoms with van der Waals surface area (Å²) in [5.74, 6) is -13.4. The van der Waals surface area contributed by atoms with Crippen molar-refractivity contribution in [2.75, 3.05) is 39.3 Å². The van der Waals surface area contributed by atoms with Crippen molar-refractivity contribution in [3.63, 3.8) is 0 Å². The monoisotopic (exact) mass is 1330 g/mol. The summed E-state index contributed by atoms with van der Waals surface area (Å²) >= 11 is 0. The van der Waals surface area contributed by atoms with Crippen LogP contribution in [0.3, 0.4) is 0 Å². The molecule has 31 nitrogen and oxygen atoms in total. The predicted octanol–water partition coefficient (Wildman–Crippen LogP) is -0.126. The van der Waals surface area contributed by atoms with Crippen LogP contribution in [0.1, 0.15) is 190 Å². The van der Waals surface area contributed by atoms with E-state index in [1.807, 2.05) is 41.5 Å². The van der Waals surface area contributed by atoms with E-state index in [1.54, 1.807) is 0 Å². The number of Topliss-reactive ketones (excluding diaryl/α,β-unsaturated/α-hetero) is 6. The van der Waals surface area contributed by atoms with Crippen molar-refractivity contribution < 1.29 is 62.6 Å². The zero-order valence-corrected chi connectivity index (χ0v) is 56.9. The molecule has 0 aromatic rings. The zero-order valence-electron chi connectivity index (χ0n) is 56.9. The van der Waals surface area contributed by atoms with E-state index in [4.69, 9.17) is 51.6 Å². The fourth-order valence-electron chi connectivity index (χ4n) is 10.6. The fourth-order valence-corrected chi connectivity index (χ4v) is 10.6. The van der Waals surface area contributed by atoms with Crippen molar-refractivity contribution in [3.05, 3.63) is 0 Å². The maximum absolute atomic E-state index is 14.9. The van der Waals surface area contributed by atoms with Crippen LogP contribution in [-0.4, -0.2) is 163 Å². The number of aliphatic imine (C=N–C) groups is 4. The number of rotatable bonds is 54. The number of carbonyl (C=O) groups excluding carboxylic acids is 11. The van der Waals surface area contributed by atoms with Gasteiger partial charge in [-0.2, -0.15) is 0 Å². The van der Waals surface area contributed by atoms with E-state index in [0.717, 1.165) is 0 Å². The highest BCUT2D eigenvalue weighted by molar-refractivity contribution is 5.98. The minimum atomic E-state index is -1.30. The van der Waals surface area contributed by atoms with Gasteiger partial charge in [-0.25, -0.2) is 0 Å². The van der Waals surface area contributed by atoms with Crippen LogP contribution >= 0.6 is 0 Å². The van der Waals surface area contributed by atoms with Crippen molar-refractivity contribution in [2.24, 2.45) is 119 Å². The number of hydrogen-bond acceptors (Lipinski definition) is 17. The van der Waals surface area contributed by atoms with Crippen LogP contribution in [0.25, 0.3) is 0 Å². The number of nitrogens with one attached hydrogen (secondary N) is 5. The van der Waals surface area contributed by atoms with Gasteiger partial charge in [-0.3, -0.25) is 72.7 Å². The number of carbonyl (C=O) groups is 12. The van der Waals surface area contributed by atoms with Crippen LogP contribution in [0.5, 0.6) is 0 Å². The maximum Gasteiger partial charge on any atom is 0.303 e. The first-order valence-corrected chi connectivity index (χ1v) is 32.8. The van der Waals surface area contributed by atoms with Gasteiger partial charge in [0.15, 0.2) is 52.8 Å². The second-order valence-electron chi connectivity index (χ2n) is 25.6. The van der Waals surface area contributed by atoms with Crippen LogP contribution in [0.4, 0.5) is 0 Å². The van der Waals surface area contributed by atoms with Gasteiger partial charge in [0.2, 0.25) is 29.5 Å². The standard InChI is InChI=1S/C63H114N18O13/c1-36(2)27-44(31-46(84)35-77-55(90)43(30-39(7)82)20-21-54(88)89)58(93)80-48(18-13-25-75-62(69)70)51(85)32-41(15-9-10-22-64)56(91)78-47(17-12-24-74-61(67)68)52(86)33-42(16-11-23-73-60(65)66)57(92)79-49(19-14-26-76-63(71)72)53(87)34-45(28-37(3)4)59(94)81-50(40(8)83)29-38(5)6/h36-38,41-45,47-50H,9-35,64H2,1-8H3,(H,77,90)(H,78,91)(H,79,92)(H,80,93)(H,81,94)(H,88,89)(H4,65,66,73)(H4,67,68,74)(H4,69,70,75)(H4,71,72,76)/t41-,42-,43-,44-,45-,47+,48+,49+,50+/m1/s1. The lowest BCUT2D eigenvalue weighted by atomic mass is 9.87. The Morgan fingerprint density at radius 3 is 1.05 bits per heavy atom. The molecule has 0 aliphatic carbocycles. The molecule has 0 spiro atoms. The van der Waals surface area contributed by atoms with Crippen molar-refractivity contribution in [2.45, 2.75) is 214 Å². The largest absolute Gasteiger partial charge is 0.481 e.